The molecule has 24 heavy (non-hydrogen) atoms. The number of halogens is 1. The molecule has 0 amide bonds. The van der Waals surface area contributed by atoms with Gasteiger partial charge in [-0.1, -0.05) is 13.0 Å². The van der Waals surface area contributed by atoms with Crippen molar-refractivity contribution in [3.63, 3.8) is 0 Å². The molecule has 3 aliphatic carbocycles. The molecule has 0 saturated heterocycles. The molecule has 0 N–H and O–H groups in total. The Morgan fingerprint density at radius 1 is 1.25 bits per heavy atom. The topological polar surface area (TPSA) is 26.3 Å². The molecule has 0 spiro atoms. The molecule has 0 unspecified atom stereocenters. The van der Waals surface area contributed by atoms with E-state index in [9.17, 15) is 4.79 Å². The van der Waals surface area contributed by atoms with Crippen LogP contribution in [0.1, 0.15) is 61.6 Å². The third kappa shape index (κ3) is 2.57. The Hall–Kier alpha value is -0.420. The van der Waals surface area contributed by atoms with Gasteiger partial charge in [0.2, 0.25) is 0 Å². The SMILES string of the molecule is COCCc1cc2c(cc1I)[C@H]1CC[C@]3(C)C(=O)CC[C@H]3[C@@H]1CC2. The summed E-state index contributed by atoms with van der Waals surface area (Å²) < 4.78 is 6.65. The molecule has 3 aliphatic rings. The van der Waals surface area contributed by atoms with E-state index in [1.54, 1.807) is 18.2 Å². The second kappa shape index (κ2) is 6.39. The Bertz CT molecular complexity index is 668. The number of Topliss-reactive ketones (excluding diaryl/α,β-unsaturated/α-hetero) is 1. The van der Waals surface area contributed by atoms with Crippen molar-refractivity contribution in [2.45, 2.75) is 57.8 Å². The predicted molar refractivity (Wildman–Crippen MR) is 104 cm³/mol. The predicted octanol–water partition coefficient (Wildman–Crippen LogP) is 4.91. The summed E-state index contributed by atoms with van der Waals surface area (Å²) in [7, 11) is 1.78. The number of aryl methyl sites for hydroxylation is 1. The molecular formula is C21H27IO2. The lowest BCUT2D eigenvalue weighted by Crippen LogP contribution is -2.42. The molecule has 2 saturated carbocycles. The van der Waals surface area contributed by atoms with Crippen molar-refractivity contribution in [2.75, 3.05) is 13.7 Å². The van der Waals surface area contributed by atoms with Gasteiger partial charge in [-0.3, -0.25) is 4.79 Å². The number of ether oxygens (including phenoxy) is 1. The van der Waals surface area contributed by atoms with Crippen molar-refractivity contribution in [1.82, 2.24) is 0 Å². The van der Waals surface area contributed by atoms with Gasteiger partial charge in [0.25, 0.3) is 0 Å². The van der Waals surface area contributed by atoms with Gasteiger partial charge >= 0.3 is 0 Å². The highest BCUT2D eigenvalue weighted by Gasteiger charge is 2.54. The van der Waals surface area contributed by atoms with Crippen LogP contribution in [0.15, 0.2) is 12.1 Å². The zero-order valence-electron chi connectivity index (χ0n) is 14.7. The number of hydrogen-bond acceptors (Lipinski definition) is 2. The fraction of sp³-hybridized carbons (Fsp3) is 0.667. The van der Waals surface area contributed by atoms with Gasteiger partial charge in [0.05, 0.1) is 6.61 Å². The van der Waals surface area contributed by atoms with E-state index < -0.39 is 0 Å². The van der Waals surface area contributed by atoms with Crippen LogP contribution in [-0.2, 0) is 22.4 Å². The number of fused-ring (bicyclic) bond motifs is 5. The number of carbonyl (C=O) groups is 1. The van der Waals surface area contributed by atoms with Gasteiger partial charge in [0.15, 0.2) is 0 Å². The largest absolute Gasteiger partial charge is 0.384 e. The van der Waals surface area contributed by atoms with Crippen molar-refractivity contribution in [3.8, 4) is 0 Å². The molecule has 1 aromatic rings. The molecule has 4 rings (SSSR count). The maximum atomic E-state index is 12.4. The van der Waals surface area contributed by atoms with Crippen LogP contribution in [0.5, 0.6) is 0 Å². The van der Waals surface area contributed by atoms with E-state index in [1.807, 2.05) is 0 Å². The van der Waals surface area contributed by atoms with Crippen LogP contribution in [0.25, 0.3) is 0 Å². The van der Waals surface area contributed by atoms with Gasteiger partial charge in [0.1, 0.15) is 5.78 Å². The van der Waals surface area contributed by atoms with E-state index >= 15 is 0 Å². The summed E-state index contributed by atoms with van der Waals surface area (Å²) in [4.78, 5) is 12.4. The van der Waals surface area contributed by atoms with Crippen LogP contribution in [0.4, 0.5) is 0 Å². The molecule has 130 valence electrons. The lowest BCUT2D eigenvalue weighted by molar-refractivity contribution is -0.129. The molecule has 0 heterocycles. The quantitative estimate of drug-likeness (QED) is 0.628. The van der Waals surface area contributed by atoms with E-state index in [1.165, 1.54) is 28.4 Å². The summed E-state index contributed by atoms with van der Waals surface area (Å²) in [6.07, 6.45) is 7.72. The number of ketones is 1. The van der Waals surface area contributed by atoms with Crippen molar-refractivity contribution >= 4 is 28.4 Å². The fourth-order valence-corrected chi connectivity index (χ4v) is 6.58. The third-order valence-electron chi connectivity index (χ3n) is 7.18. The smallest absolute Gasteiger partial charge is 0.139 e. The zero-order chi connectivity index (χ0) is 16.9. The van der Waals surface area contributed by atoms with Crippen molar-refractivity contribution in [2.24, 2.45) is 17.3 Å². The summed E-state index contributed by atoms with van der Waals surface area (Å²) >= 11 is 2.50. The zero-order valence-corrected chi connectivity index (χ0v) is 16.9. The first-order valence-electron chi connectivity index (χ1n) is 9.38. The van der Waals surface area contributed by atoms with Gasteiger partial charge in [-0.05, 0) is 102 Å². The van der Waals surface area contributed by atoms with E-state index in [0.29, 0.717) is 17.6 Å². The van der Waals surface area contributed by atoms with Gasteiger partial charge in [-0.2, -0.15) is 0 Å². The Labute approximate surface area is 158 Å². The first-order valence-corrected chi connectivity index (χ1v) is 10.5. The Morgan fingerprint density at radius 3 is 2.88 bits per heavy atom. The monoisotopic (exact) mass is 438 g/mol. The average Bonchev–Trinajstić information content (AvgIpc) is 2.88. The van der Waals surface area contributed by atoms with Crippen molar-refractivity contribution in [3.05, 3.63) is 32.4 Å². The second-order valence-electron chi connectivity index (χ2n) is 8.22. The minimum atomic E-state index is -0.00969. The number of carbonyl (C=O) groups excluding carboxylic acids is 1. The van der Waals surface area contributed by atoms with Crippen molar-refractivity contribution < 1.29 is 9.53 Å². The Morgan fingerprint density at radius 2 is 2.08 bits per heavy atom. The molecule has 0 aromatic heterocycles. The molecular weight excluding hydrogens is 411 g/mol. The molecule has 1 aromatic carbocycles. The van der Waals surface area contributed by atoms with E-state index in [2.05, 4.69) is 41.6 Å². The number of hydrogen-bond donors (Lipinski definition) is 0. The Kier molecular flexibility index (Phi) is 4.53. The third-order valence-corrected chi connectivity index (χ3v) is 8.18. The standard InChI is InChI=1S/C21H27IO2/c1-21-9-7-15-16(18(21)5-6-20(21)23)4-3-13-11-14(8-10-24-2)19(22)12-17(13)15/h11-12,15-16,18H,3-10H2,1-2H3/t15-,16+,18-,21-/m0/s1. The number of rotatable bonds is 3. The first-order chi connectivity index (χ1) is 11.5. The van der Waals surface area contributed by atoms with E-state index in [0.717, 1.165) is 38.2 Å². The summed E-state index contributed by atoms with van der Waals surface area (Å²) in [5.74, 6) is 2.58. The number of benzene rings is 1. The van der Waals surface area contributed by atoms with Crippen molar-refractivity contribution in [1.29, 1.82) is 0 Å². The molecule has 0 bridgehead atoms. The molecule has 4 atom stereocenters. The molecule has 0 radical (unpaired) electrons. The van der Waals surface area contributed by atoms with Crippen LogP contribution in [-0.4, -0.2) is 19.5 Å². The van der Waals surface area contributed by atoms with Gasteiger partial charge in [-0.15, -0.1) is 0 Å². The highest BCUT2D eigenvalue weighted by molar-refractivity contribution is 14.1. The summed E-state index contributed by atoms with van der Waals surface area (Å²) in [5, 5.41) is 0. The normalized spacial score (nSPS) is 34.6. The van der Waals surface area contributed by atoms with E-state index in [4.69, 9.17) is 4.74 Å². The van der Waals surface area contributed by atoms with Gasteiger partial charge in [0, 0.05) is 22.5 Å². The van der Waals surface area contributed by atoms with Crippen LogP contribution >= 0.6 is 22.6 Å². The average molecular weight is 438 g/mol. The lowest BCUT2D eigenvalue weighted by Gasteiger charge is -2.48. The fourth-order valence-electron chi connectivity index (χ4n) is 5.82. The lowest BCUT2D eigenvalue weighted by atomic mass is 9.55. The maximum Gasteiger partial charge on any atom is 0.139 e. The van der Waals surface area contributed by atoms with Crippen LogP contribution in [0.3, 0.4) is 0 Å². The molecule has 0 aliphatic heterocycles. The highest BCUT2D eigenvalue weighted by Crippen LogP contribution is 2.59. The summed E-state index contributed by atoms with van der Waals surface area (Å²) in [5.41, 5.74) is 4.59. The number of methoxy groups -OCH3 is 1. The molecule has 2 fully saturated rings. The second-order valence-corrected chi connectivity index (χ2v) is 9.38. The Balaban J connectivity index is 1.65. The van der Waals surface area contributed by atoms with Gasteiger partial charge in [-0.25, -0.2) is 0 Å². The summed E-state index contributed by atoms with van der Waals surface area (Å²) in [6, 6.07) is 4.90. The minimum absolute atomic E-state index is 0.00969. The molecule has 3 heteroatoms. The molecule has 2 nitrogen and oxygen atoms in total. The first kappa shape index (κ1) is 17.0. The van der Waals surface area contributed by atoms with E-state index in [-0.39, 0.29) is 5.41 Å². The summed E-state index contributed by atoms with van der Waals surface area (Å²) in [6.45, 7) is 3.06. The van der Waals surface area contributed by atoms with Crippen LogP contribution < -0.4 is 0 Å². The van der Waals surface area contributed by atoms with Crippen LogP contribution in [0.2, 0.25) is 0 Å². The minimum Gasteiger partial charge on any atom is -0.384 e. The maximum absolute atomic E-state index is 12.4. The highest BCUT2D eigenvalue weighted by atomic mass is 127. The van der Waals surface area contributed by atoms with Crippen LogP contribution in [0, 0.1) is 20.8 Å². The van der Waals surface area contributed by atoms with Gasteiger partial charge < -0.3 is 4.74 Å².